The zero-order chi connectivity index (χ0) is 19.3. The van der Waals surface area contributed by atoms with Crippen molar-refractivity contribution in [3.05, 3.63) is 41.7 Å². The smallest absolute Gasteiger partial charge is 0.399 e. The van der Waals surface area contributed by atoms with Crippen LogP contribution < -0.4 is 10.6 Å². The minimum atomic E-state index is -3.92. The van der Waals surface area contributed by atoms with Crippen molar-refractivity contribution < 1.29 is 17.7 Å². The van der Waals surface area contributed by atoms with E-state index in [1.54, 1.807) is 30.5 Å². The first kappa shape index (κ1) is 19.3. The number of hydrogen-bond acceptors (Lipinski definition) is 5. The Morgan fingerprint density at radius 3 is 2.23 bits per heavy atom. The van der Waals surface area contributed by atoms with Gasteiger partial charge in [-0.15, -0.1) is 0 Å². The van der Waals surface area contributed by atoms with Gasteiger partial charge in [-0.25, -0.2) is 18.5 Å². The summed E-state index contributed by atoms with van der Waals surface area (Å²) in [4.78, 5) is 4.17. The van der Waals surface area contributed by atoms with Crippen LogP contribution in [0.5, 0.6) is 0 Å². The van der Waals surface area contributed by atoms with Crippen molar-refractivity contribution in [2.24, 2.45) is 5.14 Å². The van der Waals surface area contributed by atoms with Gasteiger partial charge in [0.1, 0.15) is 5.15 Å². The number of nitrogens with two attached hydrogens (primary N) is 1. The van der Waals surface area contributed by atoms with Crippen LogP contribution >= 0.6 is 11.6 Å². The molecule has 1 aliphatic heterocycles. The maximum absolute atomic E-state index is 11.9. The predicted octanol–water partition coefficient (Wildman–Crippen LogP) is 2.35. The van der Waals surface area contributed by atoms with Crippen LogP contribution in [-0.4, -0.2) is 31.7 Å². The zero-order valence-corrected chi connectivity index (χ0v) is 16.6. The lowest BCUT2D eigenvalue weighted by Gasteiger charge is -2.32. The maximum atomic E-state index is 11.9. The Hall–Kier alpha value is -1.45. The molecule has 0 spiro atoms. The summed E-state index contributed by atoms with van der Waals surface area (Å²) in [5.74, 6) is 0. The Labute approximate surface area is 158 Å². The fourth-order valence-electron chi connectivity index (χ4n) is 2.70. The molecular formula is C17H20BClN2O4S. The van der Waals surface area contributed by atoms with Crippen molar-refractivity contribution in [3.8, 4) is 11.1 Å². The molecule has 2 N–H and O–H groups in total. The molecule has 138 valence electrons. The quantitative estimate of drug-likeness (QED) is 0.637. The van der Waals surface area contributed by atoms with Crippen molar-refractivity contribution in [1.29, 1.82) is 0 Å². The van der Waals surface area contributed by atoms with Crippen LogP contribution in [0.15, 0.2) is 41.4 Å². The van der Waals surface area contributed by atoms with Gasteiger partial charge in [0, 0.05) is 22.8 Å². The Kier molecular flexibility index (Phi) is 4.69. The highest BCUT2D eigenvalue weighted by Crippen LogP contribution is 2.37. The van der Waals surface area contributed by atoms with Gasteiger partial charge in [0.05, 0.1) is 16.1 Å². The third-order valence-corrected chi connectivity index (χ3v) is 6.14. The molecule has 1 fully saturated rings. The van der Waals surface area contributed by atoms with Crippen LogP contribution in [0.2, 0.25) is 5.15 Å². The first-order valence-electron chi connectivity index (χ1n) is 8.06. The predicted molar refractivity (Wildman–Crippen MR) is 102 cm³/mol. The average molecular weight is 395 g/mol. The molecule has 1 aliphatic rings. The van der Waals surface area contributed by atoms with Gasteiger partial charge in [-0.1, -0.05) is 29.8 Å². The summed E-state index contributed by atoms with van der Waals surface area (Å²) >= 11 is 6.24. The van der Waals surface area contributed by atoms with Crippen LogP contribution in [0.25, 0.3) is 11.1 Å². The second kappa shape index (κ2) is 6.32. The Morgan fingerprint density at radius 2 is 1.65 bits per heavy atom. The molecule has 0 saturated carbocycles. The van der Waals surface area contributed by atoms with E-state index in [0.717, 1.165) is 0 Å². The van der Waals surface area contributed by atoms with E-state index in [9.17, 15) is 8.42 Å². The molecule has 0 atom stereocenters. The van der Waals surface area contributed by atoms with Gasteiger partial charge >= 0.3 is 7.12 Å². The van der Waals surface area contributed by atoms with E-state index >= 15 is 0 Å². The van der Waals surface area contributed by atoms with Gasteiger partial charge in [-0.05, 0) is 39.8 Å². The van der Waals surface area contributed by atoms with Gasteiger partial charge in [0.25, 0.3) is 0 Å². The molecule has 3 rings (SSSR count). The average Bonchev–Trinajstić information content (AvgIpc) is 2.75. The van der Waals surface area contributed by atoms with Crippen LogP contribution in [-0.2, 0) is 19.3 Å². The van der Waals surface area contributed by atoms with Gasteiger partial charge in [-0.2, -0.15) is 0 Å². The highest BCUT2D eigenvalue weighted by Gasteiger charge is 2.51. The number of sulfonamides is 1. The van der Waals surface area contributed by atoms with Crippen LogP contribution in [0.1, 0.15) is 27.7 Å². The standard InChI is InChI=1S/C17H20BClN2O4S/c1-16(2)17(3,4)25-18(24-16)11-9-13(15(19)21-10-11)12-7-5-6-8-14(12)26(20,22)23/h5-10H,1-4H3,(H2,20,22,23). The van der Waals surface area contributed by atoms with E-state index in [0.29, 0.717) is 16.6 Å². The van der Waals surface area contributed by atoms with E-state index in [2.05, 4.69) is 4.98 Å². The topological polar surface area (TPSA) is 91.5 Å². The number of aromatic nitrogens is 1. The van der Waals surface area contributed by atoms with E-state index in [4.69, 9.17) is 26.0 Å². The number of nitrogens with zero attached hydrogens (tertiary/aromatic N) is 1. The van der Waals surface area contributed by atoms with Gasteiger partial charge in [0.2, 0.25) is 10.0 Å². The number of primary sulfonamides is 1. The third-order valence-electron chi connectivity index (χ3n) is 4.87. The molecular weight excluding hydrogens is 375 g/mol. The molecule has 0 amide bonds. The summed E-state index contributed by atoms with van der Waals surface area (Å²) in [7, 11) is -4.55. The van der Waals surface area contributed by atoms with E-state index < -0.39 is 28.3 Å². The molecule has 6 nitrogen and oxygen atoms in total. The fraction of sp³-hybridized carbons (Fsp3) is 0.353. The molecule has 0 radical (unpaired) electrons. The minimum absolute atomic E-state index is 0.0187. The van der Waals surface area contributed by atoms with Crippen molar-refractivity contribution in [2.45, 2.75) is 43.8 Å². The number of halogens is 1. The van der Waals surface area contributed by atoms with Crippen molar-refractivity contribution >= 4 is 34.2 Å². The number of hydrogen-bond donors (Lipinski definition) is 1. The molecule has 1 saturated heterocycles. The Morgan fingerprint density at radius 1 is 1.08 bits per heavy atom. The largest absolute Gasteiger partial charge is 0.496 e. The van der Waals surface area contributed by atoms with Crippen molar-refractivity contribution in [3.63, 3.8) is 0 Å². The van der Waals surface area contributed by atoms with Gasteiger partial charge < -0.3 is 9.31 Å². The van der Waals surface area contributed by atoms with E-state index in [-0.39, 0.29) is 10.0 Å². The monoisotopic (exact) mass is 394 g/mol. The SMILES string of the molecule is CC1(C)OB(c2cnc(Cl)c(-c3ccccc3S(N)(=O)=O)c2)OC1(C)C. The fourth-order valence-corrected chi connectivity index (χ4v) is 3.66. The lowest BCUT2D eigenvalue weighted by molar-refractivity contribution is 0.00578. The lowest BCUT2D eigenvalue weighted by Crippen LogP contribution is -2.41. The van der Waals surface area contributed by atoms with Gasteiger partial charge in [0.15, 0.2) is 0 Å². The second-order valence-corrected chi connectivity index (χ2v) is 9.12. The molecule has 2 aromatic rings. The molecule has 1 aromatic carbocycles. The molecule has 1 aromatic heterocycles. The molecule has 0 aliphatic carbocycles. The van der Waals surface area contributed by atoms with E-state index in [1.807, 2.05) is 27.7 Å². The van der Waals surface area contributed by atoms with Crippen molar-refractivity contribution in [2.75, 3.05) is 0 Å². The molecule has 2 heterocycles. The number of benzene rings is 1. The van der Waals surface area contributed by atoms with E-state index in [1.165, 1.54) is 6.07 Å². The summed E-state index contributed by atoms with van der Waals surface area (Å²) < 4.78 is 35.9. The first-order valence-corrected chi connectivity index (χ1v) is 9.98. The summed E-state index contributed by atoms with van der Waals surface area (Å²) in [5.41, 5.74) is 0.466. The van der Waals surface area contributed by atoms with Gasteiger partial charge in [-0.3, -0.25) is 0 Å². The highest BCUT2D eigenvalue weighted by molar-refractivity contribution is 7.89. The summed E-state index contributed by atoms with van der Waals surface area (Å²) in [6.45, 7) is 7.81. The number of rotatable bonds is 3. The van der Waals surface area contributed by atoms with Crippen LogP contribution in [0.4, 0.5) is 0 Å². The Balaban J connectivity index is 2.09. The third kappa shape index (κ3) is 3.40. The summed E-state index contributed by atoms with van der Waals surface area (Å²) in [6, 6.07) is 8.10. The van der Waals surface area contributed by atoms with Crippen molar-refractivity contribution in [1.82, 2.24) is 4.98 Å². The zero-order valence-electron chi connectivity index (χ0n) is 15.0. The second-order valence-electron chi connectivity index (χ2n) is 7.24. The van der Waals surface area contributed by atoms with Crippen LogP contribution in [0, 0.1) is 0 Å². The summed E-state index contributed by atoms with van der Waals surface area (Å²) in [5, 5.41) is 5.50. The molecule has 0 unspecified atom stereocenters. The maximum Gasteiger partial charge on any atom is 0.496 e. The van der Waals surface area contributed by atoms with Crippen LogP contribution in [0.3, 0.4) is 0 Å². The molecule has 26 heavy (non-hydrogen) atoms. The number of pyridine rings is 1. The summed E-state index contributed by atoms with van der Waals surface area (Å²) in [6.07, 6.45) is 1.56. The Bertz CT molecular complexity index is 947. The minimum Gasteiger partial charge on any atom is -0.399 e. The normalized spacial score (nSPS) is 18.9. The first-order chi connectivity index (χ1) is 11.9. The molecule has 9 heteroatoms. The molecule has 0 bridgehead atoms. The highest BCUT2D eigenvalue weighted by atomic mass is 35.5. The lowest BCUT2D eigenvalue weighted by atomic mass is 9.79.